The van der Waals surface area contributed by atoms with Crippen LogP contribution in [0, 0.1) is 0 Å². The molecule has 21 heavy (non-hydrogen) atoms. The van der Waals surface area contributed by atoms with Gasteiger partial charge in [-0.05, 0) is 25.5 Å². The minimum atomic E-state index is 0.156. The van der Waals surface area contributed by atoms with E-state index in [1.54, 1.807) is 0 Å². The topological polar surface area (TPSA) is 47.7 Å². The summed E-state index contributed by atoms with van der Waals surface area (Å²) < 4.78 is 3.73. The van der Waals surface area contributed by atoms with Crippen molar-refractivity contribution in [3.8, 4) is 0 Å². The van der Waals surface area contributed by atoms with Crippen LogP contribution in [0.15, 0.2) is 12.3 Å². The van der Waals surface area contributed by atoms with E-state index in [4.69, 9.17) is 11.6 Å². The van der Waals surface area contributed by atoms with Crippen molar-refractivity contribution in [2.24, 2.45) is 14.1 Å². The second-order valence-corrected chi connectivity index (χ2v) is 5.69. The molecule has 0 bridgehead atoms. The molecule has 0 fully saturated rings. The summed E-state index contributed by atoms with van der Waals surface area (Å²) in [7, 11) is 3.89. The van der Waals surface area contributed by atoms with Gasteiger partial charge in [-0.1, -0.05) is 25.4 Å². The van der Waals surface area contributed by atoms with Gasteiger partial charge < -0.3 is 5.32 Å². The molecule has 2 aromatic rings. The molecule has 0 saturated carbocycles. The van der Waals surface area contributed by atoms with Gasteiger partial charge in [-0.3, -0.25) is 9.36 Å². The van der Waals surface area contributed by atoms with Gasteiger partial charge in [0.15, 0.2) is 0 Å². The number of nitrogens with one attached hydrogen (secondary N) is 1. The fourth-order valence-corrected chi connectivity index (χ4v) is 2.82. The Morgan fingerprint density at radius 3 is 2.57 bits per heavy atom. The van der Waals surface area contributed by atoms with Crippen molar-refractivity contribution in [3.05, 3.63) is 34.4 Å². The Labute approximate surface area is 131 Å². The van der Waals surface area contributed by atoms with Crippen molar-refractivity contribution >= 4 is 11.6 Å². The Hall–Kier alpha value is -1.33. The number of hydrogen-bond acceptors (Lipinski definition) is 3. The molecule has 2 heterocycles. The Morgan fingerprint density at radius 1 is 1.29 bits per heavy atom. The minimum absolute atomic E-state index is 0.156. The fraction of sp³-hybridized carbons (Fsp3) is 0.600. The molecule has 5 nitrogen and oxygen atoms in total. The first-order valence-electron chi connectivity index (χ1n) is 7.49. The maximum absolute atomic E-state index is 6.46. The first-order chi connectivity index (χ1) is 10.1. The average molecular weight is 310 g/mol. The molecular weight excluding hydrogens is 286 g/mol. The van der Waals surface area contributed by atoms with E-state index in [1.165, 1.54) is 0 Å². The van der Waals surface area contributed by atoms with Crippen LogP contribution in [-0.4, -0.2) is 26.1 Å². The highest BCUT2D eigenvalue weighted by molar-refractivity contribution is 6.31. The first kappa shape index (κ1) is 16.0. The van der Waals surface area contributed by atoms with E-state index in [2.05, 4.69) is 35.4 Å². The van der Waals surface area contributed by atoms with Gasteiger partial charge in [-0.25, -0.2) is 0 Å². The Kier molecular flexibility index (Phi) is 5.42. The summed E-state index contributed by atoms with van der Waals surface area (Å²) in [5.41, 5.74) is 3.07. The van der Waals surface area contributed by atoms with E-state index in [-0.39, 0.29) is 6.04 Å². The lowest BCUT2D eigenvalue weighted by Gasteiger charge is -2.17. The van der Waals surface area contributed by atoms with E-state index >= 15 is 0 Å². The second kappa shape index (κ2) is 7.09. The smallest absolute Gasteiger partial charge is 0.0850 e. The monoisotopic (exact) mass is 309 g/mol. The average Bonchev–Trinajstić information content (AvgIpc) is 3.00. The molecule has 116 valence electrons. The van der Waals surface area contributed by atoms with Crippen LogP contribution in [-0.2, 0) is 26.9 Å². The van der Waals surface area contributed by atoms with Crippen LogP contribution in [0.5, 0.6) is 0 Å². The van der Waals surface area contributed by atoms with Gasteiger partial charge in [0.25, 0.3) is 0 Å². The number of nitrogens with zero attached hydrogens (tertiary/aromatic N) is 4. The standard InChI is InChI=1S/C15H24ClN5/c1-5-8-17-13(12-7-9-20(3)18-12)10-14-15(16)11(6-2)19-21(14)4/h7,9,13,17H,5-6,8,10H2,1-4H3. The SMILES string of the molecule is CCCNC(Cc1c(Cl)c(CC)nn1C)c1ccn(C)n1. The molecule has 0 saturated heterocycles. The summed E-state index contributed by atoms with van der Waals surface area (Å²) in [4.78, 5) is 0. The summed E-state index contributed by atoms with van der Waals surface area (Å²) in [5.74, 6) is 0. The second-order valence-electron chi connectivity index (χ2n) is 5.31. The van der Waals surface area contributed by atoms with Gasteiger partial charge in [0.1, 0.15) is 0 Å². The zero-order chi connectivity index (χ0) is 15.4. The van der Waals surface area contributed by atoms with Gasteiger partial charge in [0.2, 0.25) is 0 Å². The molecule has 0 aliphatic rings. The summed E-state index contributed by atoms with van der Waals surface area (Å²) in [6.45, 7) is 5.19. The van der Waals surface area contributed by atoms with Crippen molar-refractivity contribution in [1.82, 2.24) is 24.9 Å². The minimum Gasteiger partial charge on any atom is -0.308 e. The van der Waals surface area contributed by atoms with Crippen LogP contribution in [0.3, 0.4) is 0 Å². The first-order valence-corrected chi connectivity index (χ1v) is 7.87. The molecule has 0 radical (unpaired) electrons. The van der Waals surface area contributed by atoms with Crippen molar-refractivity contribution in [2.45, 2.75) is 39.2 Å². The largest absolute Gasteiger partial charge is 0.308 e. The highest BCUT2D eigenvalue weighted by Crippen LogP contribution is 2.25. The predicted molar refractivity (Wildman–Crippen MR) is 85.5 cm³/mol. The Bertz CT molecular complexity index is 587. The normalized spacial score (nSPS) is 12.8. The van der Waals surface area contributed by atoms with Gasteiger partial charge in [-0.15, -0.1) is 0 Å². The fourth-order valence-electron chi connectivity index (χ4n) is 2.45. The van der Waals surface area contributed by atoms with E-state index in [9.17, 15) is 0 Å². The summed E-state index contributed by atoms with van der Waals surface area (Å²) in [6.07, 6.45) is 4.70. The molecule has 0 aliphatic heterocycles. The molecule has 0 aromatic carbocycles. The Morgan fingerprint density at radius 2 is 2.05 bits per heavy atom. The van der Waals surface area contributed by atoms with Gasteiger partial charge >= 0.3 is 0 Å². The summed E-state index contributed by atoms with van der Waals surface area (Å²) in [6, 6.07) is 2.21. The summed E-state index contributed by atoms with van der Waals surface area (Å²) >= 11 is 6.46. The van der Waals surface area contributed by atoms with Gasteiger partial charge in [0.05, 0.1) is 28.1 Å². The Balaban J connectivity index is 2.24. The van der Waals surface area contributed by atoms with Crippen molar-refractivity contribution < 1.29 is 0 Å². The molecule has 0 aliphatic carbocycles. The van der Waals surface area contributed by atoms with Crippen LogP contribution in [0.2, 0.25) is 5.02 Å². The van der Waals surface area contributed by atoms with E-state index in [1.807, 2.05) is 29.7 Å². The number of halogens is 1. The van der Waals surface area contributed by atoms with E-state index < -0.39 is 0 Å². The quantitative estimate of drug-likeness (QED) is 0.855. The third kappa shape index (κ3) is 3.66. The molecule has 1 atom stereocenters. The van der Waals surface area contributed by atoms with Crippen LogP contribution < -0.4 is 5.32 Å². The third-order valence-corrected chi connectivity index (χ3v) is 4.07. The van der Waals surface area contributed by atoms with Crippen molar-refractivity contribution in [2.75, 3.05) is 6.54 Å². The van der Waals surface area contributed by atoms with Crippen LogP contribution >= 0.6 is 11.6 Å². The summed E-state index contributed by atoms with van der Waals surface area (Å²) in [5, 5.41) is 13.4. The number of aromatic nitrogens is 4. The lowest BCUT2D eigenvalue weighted by atomic mass is 10.1. The van der Waals surface area contributed by atoms with Gasteiger partial charge in [-0.2, -0.15) is 10.2 Å². The molecule has 2 aromatic heterocycles. The predicted octanol–water partition coefficient (Wildman–Crippen LogP) is 2.65. The van der Waals surface area contributed by atoms with E-state index in [0.717, 1.165) is 47.9 Å². The maximum atomic E-state index is 6.46. The molecule has 6 heteroatoms. The molecule has 2 rings (SSSR count). The molecule has 0 spiro atoms. The van der Waals surface area contributed by atoms with E-state index in [0.29, 0.717) is 0 Å². The number of hydrogen-bond donors (Lipinski definition) is 1. The zero-order valence-electron chi connectivity index (χ0n) is 13.2. The number of rotatable bonds is 7. The number of aryl methyl sites for hydroxylation is 3. The molecule has 1 N–H and O–H groups in total. The van der Waals surface area contributed by atoms with Crippen molar-refractivity contribution in [3.63, 3.8) is 0 Å². The molecule has 1 unspecified atom stereocenters. The van der Waals surface area contributed by atoms with Crippen LogP contribution in [0.1, 0.15) is 43.4 Å². The van der Waals surface area contributed by atoms with Gasteiger partial charge in [0, 0.05) is 26.7 Å². The molecular formula is C15H24ClN5. The van der Waals surface area contributed by atoms with Crippen LogP contribution in [0.25, 0.3) is 0 Å². The third-order valence-electron chi connectivity index (χ3n) is 3.63. The lowest BCUT2D eigenvalue weighted by Crippen LogP contribution is -2.25. The highest BCUT2D eigenvalue weighted by Gasteiger charge is 2.20. The maximum Gasteiger partial charge on any atom is 0.0850 e. The zero-order valence-corrected chi connectivity index (χ0v) is 14.0. The highest BCUT2D eigenvalue weighted by atomic mass is 35.5. The lowest BCUT2D eigenvalue weighted by molar-refractivity contribution is 0.496. The van der Waals surface area contributed by atoms with Crippen LogP contribution in [0.4, 0.5) is 0 Å². The van der Waals surface area contributed by atoms with Crippen molar-refractivity contribution in [1.29, 1.82) is 0 Å². The molecule has 0 amide bonds.